The molecule has 1 aromatic carbocycles. The van der Waals surface area contributed by atoms with Gasteiger partial charge < -0.3 is 25.2 Å². The lowest BCUT2D eigenvalue weighted by atomic mass is 10.1. The van der Waals surface area contributed by atoms with Crippen molar-refractivity contribution < 1.29 is 4.74 Å². The van der Waals surface area contributed by atoms with Crippen molar-refractivity contribution >= 4 is 47.2 Å². The van der Waals surface area contributed by atoms with Crippen molar-refractivity contribution in [2.45, 2.75) is 37.8 Å². The zero-order chi connectivity index (χ0) is 19.5. The first-order chi connectivity index (χ1) is 13.7. The summed E-state index contributed by atoms with van der Waals surface area (Å²) in [6.07, 6.45) is 5.17. The van der Waals surface area contributed by atoms with Crippen LogP contribution >= 0.6 is 35.6 Å². The van der Waals surface area contributed by atoms with Gasteiger partial charge in [-0.05, 0) is 56.3 Å². The molecular weight excluding hydrogens is 501 g/mol. The zero-order valence-corrected chi connectivity index (χ0v) is 20.5. The number of methoxy groups -OCH3 is 1. The molecule has 2 saturated heterocycles. The molecule has 0 radical (unpaired) electrons. The van der Waals surface area contributed by atoms with Crippen molar-refractivity contribution in [2.75, 3.05) is 51.8 Å². The zero-order valence-electron chi connectivity index (χ0n) is 17.4. The molecule has 8 heteroatoms. The second-order valence-electron chi connectivity index (χ2n) is 8.23. The number of hydrogen-bond acceptors (Lipinski definition) is 4. The molecule has 2 N–H and O–H groups in total. The molecule has 1 aliphatic carbocycles. The van der Waals surface area contributed by atoms with Gasteiger partial charge in [0.2, 0.25) is 0 Å². The predicted octanol–water partition coefficient (Wildman–Crippen LogP) is 3.19. The second-order valence-corrected chi connectivity index (χ2v) is 8.66. The van der Waals surface area contributed by atoms with E-state index in [0.29, 0.717) is 6.04 Å². The second kappa shape index (κ2) is 10.4. The first-order valence-corrected chi connectivity index (χ1v) is 10.8. The van der Waals surface area contributed by atoms with Crippen molar-refractivity contribution in [2.24, 2.45) is 10.9 Å². The molecule has 162 valence electrons. The highest BCUT2D eigenvalue weighted by molar-refractivity contribution is 14.0. The number of anilines is 1. The van der Waals surface area contributed by atoms with Crippen molar-refractivity contribution in [1.29, 1.82) is 0 Å². The molecule has 1 aromatic rings. The van der Waals surface area contributed by atoms with Gasteiger partial charge in [0.25, 0.3) is 0 Å². The van der Waals surface area contributed by atoms with E-state index in [4.69, 9.17) is 16.3 Å². The lowest BCUT2D eigenvalue weighted by Crippen LogP contribution is -2.46. The number of hydrogen-bond donors (Lipinski definition) is 2. The van der Waals surface area contributed by atoms with Gasteiger partial charge in [-0.2, -0.15) is 0 Å². The lowest BCUT2D eigenvalue weighted by molar-refractivity contribution is 0.314. The van der Waals surface area contributed by atoms with Crippen molar-refractivity contribution in [3.63, 3.8) is 0 Å². The Balaban J connectivity index is 0.00000240. The maximum absolute atomic E-state index is 6.20. The van der Waals surface area contributed by atoms with Gasteiger partial charge in [0.15, 0.2) is 5.96 Å². The Morgan fingerprint density at radius 1 is 1.21 bits per heavy atom. The van der Waals surface area contributed by atoms with Crippen LogP contribution in [0.2, 0.25) is 5.02 Å². The molecule has 2 aliphatic heterocycles. The van der Waals surface area contributed by atoms with Crippen LogP contribution in [-0.4, -0.2) is 69.8 Å². The van der Waals surface area contributed by atoms with E-state index in [1.165, 1.54) is 32.4 Å². The fourth-order valence-electron chi connectivity index (χ4n) is 4.44. The molecule has 4 rings (SSSR count). The summed E-state index contributed by atoms with van der Waals surface area (Å²) in [5.41, 5.74) is 1.06. The number of benzene rings is 1. The van der Waals surface area contributed by atoms with Crippen molar-refractivity contribution in [1.82, 2.24) is 15.5 Å². The third kappa shape index (κ3) is 5.82. The van der Waals surface area contributed by atoms with Gasteiger partial charge >= 0.3 is 0 Å². The summed E-state index contributed by atoms with van der Waals surface area (Å²) in [5, 5.41) is 7.89. The summed E-state index contributed by atoms with van der Waals surface area (Å²) < 4.78 is 5.51. The summed E-state index contributed by atoms with van der Waals surface area (Å²) in [4.78, 5) is 9.44. The summed E-state index contributed by atoms with van der Waals surface area (Å²) in [5.74, 6) is 2.51. The quantitative estimate of drug-likeness (QED) is 0.334. The number of nitrogens with zero attached hydrogens (tertiary/aromatic N) is 3. The van der Waals surface area contributed by atoms with Gasteiger partial charge in [-0.15, -0.1) is 24.0 Å². The van der Waals surface area contributed by atoms with E-state index < -0.39 is 0 Å². The molecular formula is C21H33ClIN5O. The smallest absolute Gasteiger partial charge is 0.191 e. The largest absolute Gasteiger partial charge is 0.495 e. The number of rotatable bonds is 6. The summed E-state index contributed by atoms with van der Waals surface area (Å²) >= 11 is 6.20. The standard InChI is InChI=1S/C21H32ClN5O.HI/c1-23-21(24-12-15-7-9-26(13-15)18-4-5-18)25-17-8-10-27(14-17)19-11-16(22)3-6-20(19)28-2;/h3,6,11,15,17-18H,4-5,7-10,12-14H2,1-2H3,(H2,23,24,25);1H. The average Bonchev–Trinajstić information content (AvgIpc) is 3.27. The third-order valence-corrected chi connectivity index (χ3v) is 6.41. The topological polar surface area (TPSA) is 52.1 Å². The first kappa shape index (κ1) is 22.7. The van der Waals surface area contributed by atoms with Gasteiger partial charge in [0.1, 0.15) is 5.75 Å². The minimum atomic E-state index is 0. The van der Waals surface area contributed by atoms with Crippen molar-refractivity contribution in [3.8, 4) is 5.75 Å². The highest BCUT2D eigenvalue weighted by atomic mass is 127. The van der Waals surface area contributed by atoms with Gasteiger partial charge in [0.05, 0.1) is 12.8 Å². The van der Waals surface area contributed by atoms with Crippen LogP contribution in [0.25, 0.3) is 0 Å². The summed E-state index contributed by atoms with van der Waals surface area (Å²) in [7, 11) is 3.56. The highest BCUT2D eigenvalue weighted by Gasteiger charge is 2.34. The first-order valence-electron chi connectivity index (χ1n) is 10.5. The number of likely N-dealkylation sites (tertiary alicyclic amines) is 1. The molecule has 1 saturated carbocycles. The number of halogens is 2. The molecule has 2 unspecified atom stereocenters. The molecule has 0 bridgehead atoms. The third-order valence-electron chi connectivity index (χ3n) is 6.17. The molecule has 0 spiro atoms. The fourth-order valence-corrected chi connectivity index (χ4v) is 4.60. The molecule has 6 nitrogen and oxygen atoms in total. The van der Waals surface area contributed by atoms with E-state index in [1.54, 1.807) is 7.11 Å². The fraction of sp³-hybridized carbons (Fsp3) is 0.667. The van der Waals surface area contributed by atoms with E-state index in [9.17, 15) is 0 Å². The van der Waals surface area contributed by atoms with Gasteiger partial charge in [-0.25, -0.2) is 0 Å². The monoisotopic (exact) mass is 533 g/mol. The van der Waals surface area contributed by atoms with Gasteiger partial charge in [-0.1, -0.05) is 11.6 Å². The van der Waals surface area contributed by atoms with Crippen LogP contribution in [0, 0.1) is 5.92 Å². The van der Waals surface area contributed by atoms with Gasteiger partial charge in [-0.3, -0.25) is 4.99 Å². The van der Waals surface area contributed by atoms with Crippen LogP contribution in [0.1, 0.15) is 25.7 Å². The number of guanidine groups is 1. The Hall–Kier alpha value is -0.930. The predicted molar refractivity (Wildman–Crippen MR) is 131 cm³/mol. The molecule has 29 heavy (non-hydrogen) atoms. The summed E-state index contributed by atoms with van der Waals surface area (Å²) in [6, 6.07) is 7.04. The number of aliphatic imine (C=N–C) groups is 1. The maximum atomic E-state index is 6.20. The minimum absolute atomic E-state index is 0. The normalized spacial score (nSPS) is 25.1. The number of ether oxygens (including phenoxy) is 1. The highest BCUT2D eigenvalue weighted by Crippen LogP contribution is 2.33. The number of nitrogens with one attached hydrogen (secondary N) is 2. The average molecular weight is 534 g/mol. The SMILES string of the molecule is CN=C(NCC1CCN(C2CC2)C1)NC1CCN(c2cc(Cl)ccc2OC)C1.I. The van der Waals surface area contributed by atoms with E-state index >= 15 is 0 Å². The van der Waals surface area contributed by atoms with Crippen LogP contribution in [0.5, 0.6) is 5.75 Å². The van der Waals surface area contributed by atoms with Crippen LogP contribution in [0.4, 0.5) is 5.69 Å². The van der Waals surface area contributed by atoms with Crippen LogP contribution in [-0.2, 0) is 0 Å². The van der Waals surface area contributed by atoms with E-state index in [2.05, 4.69) is 25.4 Å². The Kier molecular flexibility index (Phi) is 8.15. The van der Waals surface area contributed by atoms with E-state index in [-0.39, 0.29) is 24.0 Å². The molecule has 0 amide bonds. The van der Waals surface area contributed by atoms with Crippen LogP contribution < -0.4 is 20.3 Å². The Bertz CT molecular complexity index is 714. The van der Waals surface area contributed by atoms with Crippen LogP contribution in [0.15, 0.2) is 23.2 Å². The molecule has 2 heterocycles. The lowest BCUT2D eigenvalue weighted by Gasteiger charge is -2.23. The molecule has 0 aromatic heterocycles. The summed E-state index contributed by atoms with van der Waals surface area (Å²) in [6.45, 7) is 5.39. The Morgan fingerprint density at radius 2 is 2.03 bits per heavy atom. The Labute approximate surface area is 196 Å². The minimum Gasteiger partial charge on any atom is -0.495 e. The molecule has 2 atom stereocenters. The van der Waals surface area contributed by atoms with Crippen LogP contribution in [0.3, 0.4) is 0 Å². The van der Waals surface area contributed by atoms with E-state index in [1.807, 2.05) is 25.2 Å². The molecule has 3 aliphatic rings. The molecule has 3 fully saturated rings. The van der Waals surface area contributed by atoms with Crippen molar-refractivity contribution in [3.05, 3.63) is 23.2 Å². The maximum Gasteiger partial charge on any atom is 0.191 e. The van der Waals surface area contributed by atoms with E-state index in [0.717, 1.165) is 60.4 Å². The Morgan fingerprint density at radius 3 is 2.76 bits per heavy atom. The van der Waals surface area contributed by atoms with Gasteiger partial charge in [0, 0.05) is 50.3 Å².